The number of hydrogen-bond donors (Lipinski definition) is 2. The van der Waals surface area contributed by atoms with E-state index in [9.17, 15) is 0 Å². The van der Waals surface area contributed by atoms with Gasteiger partial charge in [-0.2, -0.15) is 0 Å². The first-order chi connectivity index (χ1) is 12.7. The van der Waals surface area contributed by atoms with E-state index in [-0.39, 0.29) is 24.0 Å². The van der Waals surface area contributed by atoms with E-state index in [1.807, 2.05) is 7.05 Å². The van der Waals surface area contributed by atoms with Gasteiger partial charge in [-0.25, -0.2) is 0 Å². The second kappa shape index (κ2) is 14.4. The molecule has 1 atom stereocenters. The molecule has 0 aromatic heterocycles. The zero-order valence-corrected chi connectivity index (χ0v) is 20.2. The summed E-state index contributed by atoms with van der Waals surface area (Å²) >= 11 is 3.49. The highest BCUT2D eigenvalue weighted by Crippen LogP contribution is 2.22. The first kappa shape index (κ1) is 24.5. The third kappa shape index (κ3) is 9.45. The maximum atomic E-state index is 5.47. The first-order valence-electron chi connectivity index (χ1n) is 9.27. The van der Waals surface area contributed by atoms with Gasteiger partial charge in [0, 0.05) is 56.6 Å². The van der Waals surface area contributed by atoms with Gasteiger partial charge >= 0.3 is 0 Å². The lowest BCUT2D eigenvalue weighted by molar-refractivity contribution is 0.0689. The molecule has 0 spiro atoms. The average molecular weight is 555 g/mol. The molecule has 1 aliphatic rings. The monoisotopic (exact) mass is 554 g/mol. The van der Waals surface area contributed by atoms with Crippen molar-refractivity contribution in [3.63, 3.8) is 0 Å². The van der Waals surface area contributed by atoms with Gasteiger partial charge in [-0.1, -0.05) is 15.9 Å². The molecule has 8 heteroatoms. The second-order valence-electron chi connectivity index (χ2n) is 6.36. The molecule has 27 heavy (non-hydrogen) atoms. The largest absolute Gasteiger partial charge is 0.382 e. The molecule has 1 aromatic carbocycles. The molecule has 6 nitrogen and oxygen atoms in total. The predicted molar refractivity (Wildman–Crippen MR) is 127 cm³/mol. The number of rotatable bonds is 10. The highest BCUT2D eigenvalue weighted by atomic mass is 127. The fourth-order valence-electron chi connectivity index (χ4n) is 2.93. The zero-order chi connectivity index (χ0) is 18.6. The van der Waals surface area contributed by atoms with E-state index in [0.717, 1.165) is 55.9 Å². The number of benzene rings is 1. The first-order valence-corrected chi connectivity index (χ1v) is 10.1. The van der Waals surface area contributed by atoms with Crippen molar-refractivity contribution in [3.05, 3.63) is 28.7 Å². The lowest BCUT2D eigenvalue weighted by atomic mass is 10.2. The van der Waals surface area contributed by atoms with Crippen LogP contribution >= 0.6 is 39.9 Å². The molecule has 0 saturated carbocycles. The number of methoxy groups -OCH3 is 1. The predicted octanol–water partition coefficient (Wildman–Crippen LogP) is 3.25. The van der Waals surface area contributed by atoms with Crippen LogP contribution in [0.2, 0.25) is 0 Å². The standard InChI is InChI=1S/C19H31BrN4O2.HI/c1-21-19(22-10-3-4-12-26-14-13-25-2)23-17-9-11-24(15-17)18-7-5-16(20)6-8-18;/h5-8,17H,3-4,9-15H2,1-2H3,(H2,21,22,23);1H. The van der Waals surface area contributed by atoms with Crippen LogP contribution in [-0.4, -0.2) is 65.6 Å². The quantitative estimate of drug-likeness (QED) is 0.201. The average Bonchev–Trinajstić information content (AvgIpc) is 3.12. The molecular weight excluding hydrogens is 523 g/mol. The van der Waals surface area contributed by atoms with Crippen LogP contribution < -0.4 is 15.5 Å². The Hall–Kier alpha value is -0.580. The van der Waals surface area contributed by atoms with Crippen LogP contribution in [0.1, 0.15) is 19.3 Å². The highest BCUT2D eigenvalue weighted by molar-refractivity contribution is 14.0. The van der Waals surface area contributed by atoms with Crippen LogP contribution in [0.4, 0.5) is 5.69 Å². The van der Waals surface area contributed by atoms with Crippen molar-refractivity contribution in [2.75, 3.05) is 58.5 Å². The molecule has 1 aliphatic heterocycles. The molecule has 1 heterocycles. The van der Waals surface area contributed by atoms with Gasteiger partial charge in [0.25, 0.3) is 0 Å². The molecule has 1 fully saturated rings. The normalized spacial score (nSPS) is 16.9. The number of ether oxygens (including phenoxy) is 2. The van der Waals surface area contributed by atoms with Gasteiger partial charge in [-0.15, -0.1) is 24.0 Å². The fourth-order valence-corrected chi connectivity index (χ4v) is 3.20. The van der Waals surface area contributed by atoms with E-state index in [4.69, 9.17) is 9.47 Å². The van der Waals surface area contributed by atoms with Crippen molar-refractivity contribution in [3.8, 4) is 0 Å². The number of guanidine groups is 1. The van der Waals surface area contributed by atoms with Gasteiger partial charge in [-0.3, -0.25) is 4.99 Å². The minimum atomic E-state index is 0. The molecule has 154 valence electrons. The maximum absolute atomic E-state index is 5.47. The smallest absolute Gasteiger partial charge is 0.191 e. The highest BCUT2D eigenvalue weighted by Gasteiger charge is 2.23. The maximum Gasteiger partial charge on any atom is 0.191 e. The third-order valence-corrected chi connectivity index (χ3v) is 4.91. The Labute approximate surface area is 188 Å². The Bertz CT molecular complexity index is 545. The van der Waals surface area contributed by atoms with Crippen LogP contribution in [-0.2, 0) is 9.47 Å². The zero-order valence-electron chi connectivity index (χ0n) is 16.2. The van der Waals surface area contributed by atoms with Crippen LogP contribution in [0.15, 0.2) is 33.7 Å². The number of halogens is 2. The van der Waals surface area contributed by atoms with E-state index in [2.05, 4.69) is 60.7 Å². The molecule has 0 radical (unpaired) electrons. The van der Waals surface area contributed by atoms with Gasteiger partial charge in [0.1, 0.15) is 0 Å². The molecule has 1 aromatic rings. The Balaban J connectivity index is 0.00000364. The van der Waals surface area contributed by atoms with Crippen molar-refractivity contribution in [1.82, 2.24) is 10.6 Å². The summed E-state index contributed by atoms with van der Waals surface area (Å²) < 4.78 is 11.5. The number of hydrogen-bond acceptors (Lipinski definition) is 4. The second-order valence-corrected chi connectivity index (χ2v) is 7.28. The number of anilines is 1. The topological polar surface area (TPSA) is 58.1 Å². The fraction of sp³-hybridized carbons (Fsp3) is 0.632. The van der Waals surface area contributed by atoms with Gasteiger partial charge in [-0.05, 0) is 43.5 Å². The summed E-state index contributed by atoms with van der Waals surface area (Å²) in [7, 11) is 3.51. The number of nitrogens with zero attached hydrogens (tertiary/aromatic N) is 2. The molecule has 1 unspecified atom stereocenters. The molecular formula is C19H32BrIN4O2. The minimum Gasteiger partial charge on any atom is -0.382 e. The van der Waals surface area contributed by atoms with E-state index < -0.39 is 0 Å². The SMILES string of the molecule is CN=C(NCCCCOCCOC)NC1CCN(c2ccc(Br)cc2)C1.I. The lowest BCUT2D eigenvalue weighted by Crippen LogP contribution is -2.44. The van der Waals surface area contributed by atoms with Crippen molar-refractivity contribution >= 4 is 51.6 Å². The molecule has 1 saturated heterocycles. The van der Waals surface area contributed by atoms with Crippen LogP contribution in [0.5, 0.6) is 0 Å². The van der Waals surface area contributed by atoms with Crippen molar-refractivity contribution < 1.29 is 9.47 Å². The summed E-state index contributed by atoms with van der Waals surface area (Å²) in [5.74, 6) is 0.882. The van der Waals surface area contributed by atoms with Crippen LogP contribution in [0, 0.1) is 0 Å². The lowest BCUT2D eigenvalue weighted by Gasteiger charge is -2.20. The summed E-state index contributed by atoms with van der Waals surface area (Å²) in [6.45, 7) is 5.07. The summed E-state index contributed by atoms with van der Waals surface area (Å²) in [4.78, 5) is 6.75. The summed E-state index contributed by atoms with van der Waals surface area (Å²) in [6.07, 6.45) is 3.21. The van der Waals surface area contributed by atoms with Gasteiger partial charge in [0.15, 0.2) is 5.96 Å². The molecule has 2 rings (SSSR count). The van der Waals surface area contributed by atoms with Crippen LogP contribution in [0.25, 0.3) is 0 Å². The van der Waals surface area contributed by atoms with Gasteiger partial charge < -0.3 is 25.0 Å². The number of aliphatic imine (C=N–C) groups is 1. The van der Waals surface area contributed by atoms with E-state index in [1.54, 1.807) is 7.11 Å². The summed E-state index contributed by atoms with van der Waals surface area (Å²) in [5.41, 5.74) is 1.27. The van der Waals surface area contributed by atoms with E-state index in [0.29, 0.717) is 19.3 Å². The molecule has 0 aliphatic carbocycles. The van der Waals surface area contributed by atoms with Crippen molar-refractivity contribution in [2.45, 2.75) is 25.3 Å². The molecule has 0 bridgehead atoms. The van der Waals surface area contributed by atoms with Gasteiger partial charge in [0.05, 0.1) is 13.2 Å². The minimum absolute atomic E-state index is 0. The summed E-state index contributed by atoms with van der Waals surface area (Å²) in [5, 5.41) is 6.93. The van der Waals surface area contributed by atoms with E-state index in [1.165, 1.54) is 5.69 Å². The van der Waals surface area contributed by atoms with Crippen LogP contribution in [0.3, 0.4) is 0 Å². The Morgan fingerprint density at radius 3 is 2.70 bits per heavy atom. The third-order valence-electron chi connectivity index (χ3n) is 4.38. The molecule has 2 N–H and O–H groups in total. The van der Waals surface area contributed by atoms with Crippen molar-refractivity contribution in [2.24, 2.45) is 4.99 Å². The Morgan fingerprint density at radius 2 is 2.00 bits per heavy atom. The van der Waals surface area contributed by atoms with E-state index >= 15 is 0 Å². The summed E-state index contributed by atoms with van der Waals surface area (Å²) in [6, 6.07) is 8.93. The van der Waals surface area contributed by atoms with Gasteiger partial charge in [0.2, 0.25) is 0 Å². The Morgan fingerprint density at radius 1 is 1.22 bits per heavy atom. The number of nitrogens with one attached hydrogen (secondary N) is 2. The van der Waals surface area contributed by atoms with Crippen molar-refractivity contribution in [1.29, 1.82) is 0 Å². The molecule has 0 amide bonds. The number of unbranched alkanes of at least 4 members (excludes halogenated alkanes) is 1. The Kier molecular flexibility index (Phi) is 13.1.